The quantitative estimate of drug-likeness (QED) is 0.730. The van der Waals surface area contributed by atoms with Crippen molar-refractivity contribution in [3.8, 4) is 0 Å². The molecule has 0 spiro atoms. The number of aryl methyl sites for hydroxylation is 1. The smallest absolute Gasteiger partial charge is 0.209 e. The first-order valence-electron chi connectivity index (χ1n) is 3.33. The highest BCUT2D eigenvalue weighted by Crippen LogP contribution is 2.01. The lowest BCUT2D eigenvalue weighted by Crippen LogP contribution is -2.20. The Hall–Kier alpha value is -0.880. The molecule has 0 unspecified atom stereocenters. The summed E-state index contributed by atoms with van der Waals surface area (Å²) in [5.41, 5.74) is 0. The number of aromatic nitrogens is 1. The molecule has 0 atom stereocenters. The lowest BCUT2D eigenvalue weighted by molar-refractivity contribution is 0.468. The molecule has 12 heavy (non-hydrogen) atoms. The van der Waals surface area contributed by atoms with Crippen LogP contribution in [0.5, 0.6) is 0 Å². The van der Waals surface area contributed by atoms with E-state index in [-0.39, 0.29) is 6.54 Å². The number of nitrogens with zero attached hydrogens (tertiary/aromatic N) is 1. The third-order valence-corrected chi connectivity index (χ3v) is 1.85. The fourth-order valence-electron chi connectivity index (χ4n) is 0.689. The minimum Gasteiger partial charge on any atom is -0.445 e. The summed E-state index contributed by atoms with van der Waals surface area (Å²) >= 11 is 0. The van der Waals surface area contributed by atoms with Crippen LogP contribution in [0.2, 0.25) is 0 Å². The van der Waals surface area contributed by atoms with Crippen LogP contribution in [0.1, 0.15) is 11.7 Å². The van der Waals surface area contributed by atoms with Gasteiger partial charge in [0.1, 0.15) is 5.76 Å². The van der Waals surface area contributed by atoms with E-state index in [4.69, 9.17) is 4.42 Å². The molecule has 0 saturated carbocycles. The van der Waals surface area contributed by atoms with Gasteiger partial charge in [-0.25, -0.2) is 18.1 Å². The maximum atomic E-state index is 10.6. The van der Waals surface area contributed by atoms with Gasteiger partial charge in [0.15, 0.2) is 5.89 Å². The van der Waals surface area contributed by atoms with Crippen LogP contribution in [-0.2, 0) is 16.6 Å². The molecule has 0 aliphatic rings. The van der Waals surface area contributed by atoms with Crippen molar-refractivity contribution in [2.45, 2.75) is 13.5 Å². The zero-order valence-corrected chi connectivity index (χ0v) is 7.68. The van der Waals surface area contributed by atoms with Crippen LogP contribution in [-0.4, -0.2) is 19.7 Å². The summed E-state index contributed by atoms with van der Waals surface area (Å²) in [7, 11) is -3.15. The van der Waals surface area contributed by atoms with E-state index in [1.165, 1.54) is 6.20 Å². The van der Waals surface area contributed by atoms with Crippen molar-refractivity contribution in [2.24, 2.45) is 0 Å². The number of rotatable bonds is 3. The van der Waals surface area contributed by atoms with Crippen LogP contribution in [0.25, 0.3) is 0 Å². The predicted octanol–water partition coefficient (Wildman–Crippen LogP) is 0.0322. The Morgan fingerprint density at radius 1 is 1.67 bits per heavy atom. The molecule has 0 radical (unpaired) electrons. The molecule has 5 nitrogen and oxygen atoms in total. The summed E-state index contributed by atoms with van der Waals surface area (Å²) in [5, 5.41) is 0. The molecule has 1 N–H and O–H groups in total. The highest BCUT2D eigenvalue weighted by Gasteiger charge is 2.03. The minimum atomic E-state index is -3.15. The molecule has 0 saturated heterocycles. The summed E-state index contributed by atoms with van der Waals surface area (Å²) in [6.45, 7) is 1.85. The Morgan fingerprint density at radius 3 is 2.75 bits per heavy atom. The van der Waals surface area contributed by atoms with E-state index in [9.17, 15) is 8.42 Å². The van der Waals surface area contributed by atoms with Crippen LogP contribution < -0.4 is 4.72 Å². The molecular weight excluding hydrogens is 180 g/mol. The maximum absolute atomic E-state index is 10.6. The highest BCUT2D eigenvalue weighted by atomic mass is 32.2. The van der Waals surface area contributed by atoms with E-state index < -0.39 is 10.0 Å². The third-order valence-electron chi connectivity index (χ3n) is 1.18. The Balaban J connectivity index is 2.55. The van der Waals surface area contributed by atoms with E-state index >= 15 is 0 Å². The van der Waals surface area contributed by atoms with E-state index in [0.717, 1.165) is 6.26 Å². The van der Waals surface area contributed by atoms with E-state index in [1.807, 2.05) is 0 Å². The molecule has 1 aromatic heterocycles. The van der Waals surface area contributed by atoms with Gasteiger partial charge in [-0.05, 0) is 0 Å². The molecule has 0 amide bonds. The molecule has 0 aliphatic heterocycles. The Labute approximate surface area is 70.9 Å². The van der Waals surface area contributed by atoms with Gasteiger partial charge in [0, 0.05) is 6.92 Å². The van der Waals surface area contributed by atoms with Crippen LogP contribution in [0.4, 0.5) is 0 Å². The molecule has 1 aromatic rings. The van der Waals surface area contributed by atoms with Gasteiger partial charge in [0.25, 0.3) is 0 Å². The minimum absolute atomic E-state index is 0.152. The second-order valence-corrected chi connectivity index (χ2v) is 4.27. The van der Waals surface area contributed by atoms with Gasteiger partial charge >= 0.3 is 0 Å². The first kappa shape index (κ1) is 9.21. The van der Waals surface area contributed by atoms with Crippen molar-refractivity contribution in [1.82, 2.24) is 9.71 Å². The molecule has 1 rings (SSSR count). The van der Waals surface area contributed by atoms with Crippen LogP contribution in [0.3, 0.4) is 0 Å². The van der Waals surface area contributed by atoms with E-state index in [1.54, 1.807) is 6.92 Å². The molecule has 0 aromatic carbocycles. The van der Waals surface area contributed by atoms with Crippen LogP contribution in [0.15, 0.2) is 10.6 Å². The van der Waals surface area contributed by atoms with Gasteiger partial charge in [-0.15, -0.1) is 0 Å². The monoisotopic (exact) mass is 190 g/mol. The average Bonchev–Trinajstić information content (AvgIpc) is 2.30. The van der Waals surface area contributed by atoms with Crippen molar-refractivity contribution in [2.75, 3.05) is 6.26 Å². The standard InChI is InChI=1S/C6H10N2O3S/c1-5-7-3-6(11-5)4-8-12(2,9)10/h3,8H,4H2,1-2H3. The van der Waals surface area contributed by atoms with Gasteiger partial charge in [-0.1, -0.05) is 0 Å². The van der Waals surface area contributed by atoms with Crippen LogP contribution in [0, 0.1) is 6.92 Å². The second kappa shape index (κ2) is 3.24. The number of oxazole rings is 1. The van der Waals surface area contributed by atoms with Gasteiger partial charge in [-0.3, -0.25) is 0 Å². The fraction of sp³-hybridized carbons (Fsp3) is 0.500. The molecule has 0 fully saturated rings. The second-order valence-electron chi connectivity index (χ2n) is 2.44. The van der Waals surface area contributed by atoms with E-state index in [0.29, 0.717) is 11.7 Å². The topological polar surface area (TPSA) is 72.2 Å². The number of hydrogen-bond acceptors (Lipinski definition) is 4. The Kier molecular flexibility index (Phi) is 2.49. The van der Waals surface area contributed by atoms with Crippen molar-refractivity contribution in [1.29, 1.82) is 0 Å². The predicted molar refractivity (Wildman–Crippen MR) is 42.9 cm³/mol. The summed E-state index contributed by atoms with van der Waals surface area (Å²) in [5.74, 6) is 1.04. The maximum Gasteiger partial charge on any atom is 0.209 e. The summed E-state index contributed by atoms with van der Waals surface area (Å²) < 4.78 is 28.6. The molecule has 0 bridgehead atoms. The summed E-state index contributed by atoms with van der Waals surface area (Å²) in [4.78, 5) is 3.82. The van der Waals surface area contributed by atoms with Gasteiger partial charge < -0.3 is 4.42 Å². The summed E-state index contributed by atoms with van der Waals surface area (Å²) in [6, 6.07) is 0. The highest BCUT2D eigenvalue weighted by molar-refractivity contribution is 7.88. The zero-order chi connectivity index (χ0) is 9.19. The molecule has 1 heterocycles. The van der Waals surface area contributed by atoms with Gasteiger partial charge in [0.05, 0.1) is 19.0 Å². The largest absolute Gasteiger partial charge is 0.445 e. The van der Waals surface area contributed by atoms with Crippen molar-refractivity contribution in [3.63, 3.8) is 0 Å². The average molecular weight is 190 g/mol. The van der Waals surface area contributed by atoms with Gasteiger partial charge in [0.2, 0.25) is 10.0 Å². The SMILES string of the molecule is Cc1ncc(CNS(C)(=O)=O)o1. The molecule has 68 valence electrons. The van der Waals surface area contributed by atoms with Gasteiger partial charge in [-0.2, -0.15) is 0 Å². The zero-order valence-electron chi connectivity index (χ0n) is 6.86. The first-order valence-corrected chi connectivity index (χ1v) is 5.22. The lowest BCUT2D eigenvalue weighted by Gasteiger charge is -1.96. The number of nitrogens with one attached hydrogen (secondary N) is 1. The van der Waals surface area contributed by atoms with Crippen molar-refractivity contribution in [3.05, 3.63) is 17.8 Å². The van der Waals surface area contributed by atoms with Crippen molar-refractivity contribution >= 4 is 10.0 Å². The summed E-state index contributed by atoms with van der Waals surface area (Å²) in [6.07, 6.45) is 2.59. The Bertz CT molecular complexity index is 355. The normalized spacial score (nSPS) is 11.8. The fourth-order valence-corrected chi connectivity index (χ4v) is 1.09. The lowest BCUT2D eigenvalue weighted by atomic mass is 10.5. The molecule has 0 aliphatic carbocycles. The number of sulfonamides is 1. The number of hydrogen-bond donors (Lipinski definition) is 1. The first-order chi connectivity index (χ1) is 5.47. The van der Waals surface area contributed by atoms with Crippen molar-refractivity contribution < 1.29 is 12.8 Å². The Morgan fingerprint density at radius 2 is 2.33 bits per heavy atom. The van der Waals surface area contributed by atoms with E-state index in [2.05, 4.69) is 9.71 Å². The third kappa shape index (κ3) is 3.02. The molecule has 6 heteroatoms. The molecular formula is C6H10N2O3S. The van der Waals surface area contributed by atoms with Crippen LogP contribution >= 0.6 is 0 Å².